The quantitative estimate of drug-likeness (QED) is 0.333. The van der Waals surface area contributed by atoms with E-state index in [1.807, 2.05) is 19.1 Å². The van der Waals surface area contributed by atoms with Crippen LogP contribution in [0.5, 0.6) is 0 Å². The molecule has 0 amide bonds. The second kappa shape index (κ2) is 5.63. The fraction of sp³-hybridized carbons (Fsp3) is 0.500. The Morgan fingerprint density at radius 1 is 1.78 bits per heavy atom. The molecule has 0 rings (SSSR count). The summed E-state index contributed by atoms with van der Waals surface area (Å²) < 4.78 is 8.13. The minimum absolute atomic E-state index is 0.537. The molecule has 0 unspecified atom stereocenters. The number of ether oxygens (including phenoxy) is 1. The van der Waals surface area contributed by atoms with Crippen LogP contribution in [0.1, 0.15) is 13.3 Å². The molecule has 0 atom stereocenters. The Balaban J connectivity index is 3.58. The van der Waals surface area contributed by atoms with E-state index in [-0.39, 0.29) is 0 Å². The molecule has 2 nitrogen and oxygen atoms in total. The average Bonchev–Trinajstić information content (AvgIpc) is 1.91. The third-order valence-electron chi connectivity index (χ3n) is 0.858. The van der Waals surface area contributed by atoms with Crippen LogP contribution in [-0.2, 0) is 4.74 Å². The number of halogens is 1. The van der Waals surface area contributed by atoms with E-state index < -0.39 is 0 Å². The lowest BCUT2D eigenvalue weighted by atomic mass is 10.4. The summed E-state index contributed by atoms with van der Waals surface area (Å²) in [6, 6.07) is 0. The normalized spacial score (nSPS) is 12.6. The SMILES string of the molecule is C/C=C/C/C(=N/Cl)OC. The number of hydrogen-bond acceptors (Lipinski definition) is 2. The Bertz CT molecular complexity index is 120. The molecule has 0 saturated carbocycles. The van der Waals surface area contributed by atoms with Crippen LogP contribution in [0, 0.1) is 0 Å². The standard InChI is InChI=1S/C6H10ClNO/c1-3-4-5-6(8-7)9-2/h3-4H,5H2,1-2H3/b4-3+,8-6-. The van der Waals surface area contributed by atoms with Gasteiger partial charge in [-0.1, -0.05) is 12.2 Å². The van der Waals surface area contributed by atoms with Gasteiger partial charge >= 0.3 is 0 Å². The number of allylic oxidation sites excluding steroid dienone is 1. The molecular formula is C6H10ClNO. The van der Waals surface area contributed by atoms with Crippen LogP contribution >= 0.6 is 11.8 Å². The van der Waals surface area contributed by atoms with Crippen LogP contribution < -0.4 is 0 Å². The second-order valence-corrected chi connectivity index (χ2v) is 1.62. The van der Waals surface area contributed by atoms with Gasteiger partial charge in [-0.2, -0.15) is 0 Å². The maximum absolute atomic E-state index is 5.13. The van der Waals surface area contributed by atoms with Gasteiger partial charge in [0.15, 0.2) is 0 Å². The summed E-state index contributed by atoms with van der Waals surface area (Å²) >= 11 is 5.13. The van der Waals surface area contributed by atoms with Crippen molar-refractivity contribution in [1.29, 1.82) is 0 Å². The van der Waals surface area contributed by atoms with Crippen molar-refractivity contribution in [2.24, 2.45) is 4.51 Å². The van der Waals surface area contributed by atoms with Gasteiger partial charge in [-0.3, -0.25) is 0 Å². The smallest absolute Gasteiger partial charge is 0.204 e. The number of nitrogens with zero attached hydrogens (tertiary/aromatic N) is 1. The van der Waals surface area contributed by atoms with Crippen molar-refractivity contribution in [2.75, 3.05) is 7.11 Å². The zero-order valence-electron chi connectivity index (χ0n) is 5.60. The Morgan fingerprint density at radius 3 is 2.78 bits per heavy atom. The Hall–Kier alpha value is -0.500. The van der Waals surface area contributed by atoms with E-state index in [9.17, 15) is 0 Å². The highest BCUT2D eigenvalue weighted by Gasteiger charge is 1.90. The summed E-state index contributed by atoms with van der Waals surface area (Å²) in [5.41, 5.74) is 0. The van der Waals surface area contributed by atoms with Gasteiger partial charge in [0.25, 0.3) is 0 Å². The van der Waals surface area contributed by atoms with Gasteiger partial charge in [-0.15, -0.1) is 4.51 Å². The molecule has 0 spiro atoms. The van der Waals surface area contributed by atoms with Gasteiger partial charge in [0.05, 0.1) is 7.11 Å². The summed E-state index contributed by atoms with van der Waals surface area (Å²) in [7, 11) is 1.55. The van der Waals surface area contributed by atoms with Crippen LogP contribution in [-0.4, -0.2) is 13.0 Å². The van der Waals surface area contributed by atoms with E-state index in [4.69, 9.17) is 16.5 Å². The van der Waals surface area contributed by atoms with Crippen LogP contribution in [0.15, 0.2) is 16.7 Å². The molecule has 0 aromatic rings. The van der Waals surface area contributed by atoms with Crippen molar-refractivity contribution in [1.82, 2.24) is 0 Å². The van der Waals surface area contributed by atoms with E-state index >= 15 is 0 Å². The molecule has 0 saturated heterocycles. The van der Waals surface area contributed by atoms with Crippen molar-refractivity contribution in [3.8, 4) is 0 Å². The molecular weight excluding hydrogens is 138 g/mol. The molecule has 0 aliphatic carbocycles. The van der Waals surface area contributed by atoms with Crippen molar-refractivity contribution in [3.63, 3.8) is 0 Å². The van der Waals surface area contributed by atoms with E-state index in [2.05, 4.69) is 4.51 Å². The molecule has 9 heavy (non-hydrogen) atoms. The topological polar surface area (TPSA) is 21.6 Å². The molecule has 0 fully saturated rings. The monoisotopic (exact) mass is 147 g/mol. The van der Waals surface area contributed by atoms with Crippen molar-refractivity contribution in [2.45, 2.75) is 13.3 Å². The summed E-state index contributed by atoms with van der Waals surface area (Å²) in [6.07, 6.45) is 4.50. The predicted molar refractivity (Wildman–Crippen MR) is 39.7 cm³/mol. The van der Waals surface area contributed by atoms with Crippen LogP contribution in [0.25, 0.3) is 0 Å². The van der Waals surface area contributed by atoms with Crippen LogP contribution in [0.2, 0.25) is 0 Å². The molecule has 0 heterocycles. The fourth-order valence-electron chi connectivity index (χ4n) is 0.371. The summed E-state index contributed by atoms with van der Waals surface area (Å²) in [4.78, 5) is 0. The van der Waals surface area contributed by atoms with E-state index in [1.54, 1.807) is 7.11 Å². The predicted octanol–water partition coefficient (Wildman–Crippen LogP) is 2.15. The molecule has 0 aliphatic heterocycles. The lowest BCUT2D eigenvalue weighted by molar-refractivity contribution is 0.396. The maximum atomic E-state index is 5.13. The maximum Gasteiger partial charge on any atom is 0.204 e. The molecule has 0 bridgehead atoms. The first kappa shape index (κ1) is 8.50. The molecule has 0 N–H and O–H groups in total. The second-order valence-electron chi connectivity index (χ2n) is 1.46. The van der Waals surface area contributed by atoms with Gasteiger partial charge in [0, 0.05) is 18.2 Å². The van der Waals surface area contributed by atoms with Crippen molar-refractivity contribution in [3.05, 3.63) is 12.2 Å². The molecule has 0 aromatic heterocycles. The van der Waals surface area contributed by atoms with Gasteiger partial charge in [-0.25, -0.2) is 0 Å². The first-order valence-electron chi connectivity index (χ1n) is 2.68. The number of rotatable bonds is 2. The zero-order chi connectivity index (χ0) is 7.11. The van der Waals surface area contributed by atoms with Crippen LogP contribution in [0.4, 0.5) is 0 Å². The Kier molecular flexibility index (Phi) is 5.32. The molecule has 0 aromatic carbocycles. The van der Waals surface area contributed by atoms with Gasteiger partial charge in [-0.05, 0) is 6.92 Å². The lowest BCUT2D eigenvalue weighted by Crippen LogP contribution is -1.96. The minimum atomic E-state index is 0.537. The zero-order valence-corrected chi connectivity index (χ0v) is 6.35. The summed E-state index contributed by atoms with van der Waals surface area (Å²) in [5, 5.41) is 0. The van der Waals surface area contributed by atoms with Gasteiger partial charge in [0.1, 0.15) is 0 Å². The van der Waals surface area contributed by atoms with E-state index in [0.29, 0.717) is 12.3 Å². The minimum Gasteiger partial charge on any atom is -0.483 e. The number of hydrogen-bond donors (Lipinski definition) is 0. The summed E-state index contributed by atoms with van der Waals surface area (Å²) in [6.45, 7) is 1.93. The Labute approximate surface area is 60.3 Å². The fourth-order valence-corrected chi connectivity index (χ4v) is 0.509. The molecule has 0 radical (unpaired) electrons. The number of methoxy groups -OCH3 is 1. The van der Waals surface area contributed by atoms with Gasteiger partial charge < -0.3 is 4.74 Å². The molecule has 0 aliphatic rings. The lowest BCUT2D eigenvalue weighted by Gasteiger charge is -1.95. The third kappa shape index (κ3) is 4.03. The Morgan fingerprint density at radius 2 is 2.44 bits per heavy atom. The highest BCUT2D eigenvalue weighted by molar-refractivity contribution is 6.19. The largest absolute Gasteiger partial charge is 0.483 e. The highest BCUT2D eigenvalue weighted by Crippen LogP contribution is 1.92. The van der Waals surface area contributed by atoms with E-state index in [1.165, 1.54) is 0 Å². The third-order valence-corrected chi connectivity index (χ3v) is 1.05. The van der Waals surface area contributed by atoms with Crippen molar-refractivity contribution >= 4 is 17.7 Å². The van der Waals surface area contributed by atoms with E-state index in [0.717, 1.165) is 0 Å². The van der Waals surface area contributed by atoms with Crippen LogP contribution in [0.3, 0.4) is 0 Å². The summed E-state index contributed by atoms with van der Waals surface area (Å²) in [5.74, 6) is 0.537. The first-order valence-corrected chi connectivity index (χ1v) is 3.02. The molecule has 3 heteroatoms. The average molecular weight is 148 g/mol. The first-order chi connectivity index (χ1) is 4.35. The molecule has 52 valence electrons. The highest BCUT2D eigenvalue weighted by atomic mass is 35.5. The van der Waals surface area contributed by atoms with Crippen molar-refractivity contribution < 1.29 is 4.74 Å². The van der Waals surface area contributed by atoms with Gasteiger partial charge in [0.2, 0.25) is 5.90 Å².